The van der Waals surface area contributed by atoms with Crippen molar-refractivity contribution in [2.75, 3.05) is 20.1 Å². The third-order valence-corrected chi connectivity index (χ3v) is 2.46. The van der Waals surface area contributed by atoms with Crippen LogP contribution >= 0.6 is 0 Å². The second-order valence-corrected chi connectivity index (χ2v) is 5.58. The number of nitrogens with one attached hydrogen (secondary N) is 1. The zero-order valence-corrected chi connectivity index (χ0v) is 11.4. The molecule has 0 fully saturated rings. The maximum absolute atomic E-state index is 11.6. The molecule has 0 aromatic rings. The Morgan fingerprint density at radius 1 is 1.38 bits per heavy atom. The molecule has 0 saturated carbocycles. The summed E-state index contributed by atoms with van der Waals surface area (Å²) in [6.07, 6.45) is 0. The van der Waals surface area contributed by atoms with Crippen molar-refractivity contribution in [3.63, 3.8) is 0 Å². The Labute approximate surface area is 99.0 Å². The molecular formula is C12H26N2O2. The van der Waals surface area contributed by atoms with E-state index in [0.717, 1.165) is 0 Å². The van der Waals surface area contributed by atoms with Crippen LogP contribution in [0.2, 0.25) is 0 Å². The molecule has 0 aromatic heterocycles. The van der Waals surface area contributed by atoms with Gasteiger partial charge in [-0.3, -0.25) is 9.69 Å². The molecule has 1 amide bonds. The van der Waals surface area contributed by atoms with Crippen LogP contribution in [-0.2, 0) is 4.79 Å². The summed E-state index contributed by atoms with van der Waals surface area (Å²) in [5.74, 6) is 0.441. The molecule has 0 rings (SSSR count). The lowest BCUT2D eigenvalue weighted by Crippen LogP contribution is -2.45. The smallest absolute Gasteiger partial charge is 0.234 e. The number of hydrogen-bond donors (Lipinski definition) is 2. The molecule has 96 valence electrons. The lowest BCUT2D eigenvalue weighted by atomic mass is 10.1. The average Bonchev–Trinajstić information content (AvgIpc) is 1.98. The van der Waals surface area contributed by atoms with Gasteiger partial charge in [-0.25, -0.2) is 0 Å². The fraction of sp³-hybridized carbons (Fsp3) is 0.917. The average molecular weight is 230 g/mol. The summed E-state index contributed by atoms with van der Waals surface area (Å²) >= 11 is 0. The Kier molecular flexibility index (Phi) is 5.97. The van der Waals surface area contributed by atoms with Crippen LogP contribution in [0.5, 0.6) is 0 Å². The predicted octanol–water partition coefficient (Wildman–Crippen LogP) is 0.850. The van der Waals surface area contributed by atoms with Crippen LogP contribution in [0.3, 0.4) is 0 Å². The first-order chi connectivity index (χ1) is 7.11. The highest BCUT2D eigenvalue weighted by atomic mass is 16.3. The van der Waals surface area contributed by atoms with Gasteiger partial charge in [0, 0.05) is 12.6 Å². The monoisotopic (exact) mass is 230 g/mol. The second-order valence-electron chi connectivity index (χ2n) is 5.58. The topological polar surface area (TPSA) is 52.6 Å². The van der Waals surface area contributed by atoms with E-state index in [1.165, 1.54) is 0 Å². The summed E-state index contributed by atoms with van der Waals surface area (Å²) in [5, 5.41) is 12.5. The molecule has 4 nitrogen and oxygen atoms in total. The second kappa shape index (κ2) is 6.21. The number of carbonyl (C=O) groups is 1. The molecule has 2 N–H and O–H groups in total. The molecular weight excluding hydrogens is 204 g/mol. The predicted molar refractivity (Wildman–Crippen MR) is 66.2 cm³/mol. The lowest BCUT2D eigenvalue weighted by Gasteiger charge is -2.26. The highest BCUT2D eigenvalue weighted by Gasteiger charge is 2.18. The summed E-state index contributed by atoms with van der Waals surface area (Å²) < 4.78 is 0. The molecule has 1 unspecified atom stereocenters. The van der Waals surface area contributed by atoms with Crippen LogP contribution in [0.1, 0.15) is 34.6 Å². The molecule has 0 heterocycles. The van der Waals surface area contributed by atoms with Crippen molar-refractivity contribution in [1.82, 2.24) is 10.2 Å². The van der Waals surface area contributed by atoms with Gasteiger partial charge in [-0.05, 0) is 33.7 Å². The summed E-state index contributed by atoms with van der Waals surface area (Å²) in [6, 6.07) is 0.183. The van der Waals surface area contributed by atoms with E-state index in [0.29, 0.717) is 19.0 Å². The molecule has 16 heavy (non-hydrogen) atoms. The maximum Gasteiger partial charge on any atom is 0.234 e. The van der Waals surface area contributed by atoms with Crippen LogP contribution in [0.25, 0.3) is 0 Å². The van der Waals surface area contributed by atoms with Crippen molar-refractivity contribution >= 4 is 5.91 Å². The van der Waals surface area contributed by atoms with Crippen molar-refractivity contribution in [2.24, 2.45) is 5.92 Å². The van der Waals surface area contributed by atoms with Crippen molar-refractivity contribution in [3.8, 4) is 0 Å². The Bertz CT molecular complexity index is 222. The van der Waals surface area contributed by atoms with Gasteiger partial charge in [0.2, 0.25) is 5.91 Å². The maximum atomic E-state index is 11.6. The zero-order chi connectivity index (χ0) is 12.9. The summed E-state index contributed by atoms with van der Waals surface area (Å²) in [4.78, 5) is 13.4. The van der Waals surface area contributed by atoms with Crippen LogP contribution in [0.4, 0.5) is 0 Å². The SMILES string of the molecule is CC(C)C(C)NC(=O)CN(C)CC(C)(C)O. The number of hydrogen-bond acceptors (Lipinski definition) is 3. The highest BCUT2D eigenvalue weighted by molar-refractivity contribution is 5.78. The fourth-order valence-electron chi connectivity index (χ4n) is 1.43. The van der Waals surface area contributed by atoms with Crippen molar-refractivity contribution in [3.05, 3.63) is 0 Å². The van der Waals surface area contributed by atoms with E-state index in [9.17, 15) is 9.90 Å². The molecule has 0 spiro atoms. The van der Waals surface area contributed by atoms with Crippen LogP contribution in [0, 0.1) is 5.92 Å². The van der Waals surface area contributed by atoms with Gasteiger partial charge in [-0.2, -0.15) is 0 Å². The van der Waals surface area contributed by atoms with Crippen molar-refractivity contribution in [2.45, 2.75) is 46.3 Å². The molecule has 0 aromatic carbocycles. The first-order valence-electron chi connectivity index (χ1n) is 5.82. The Morgan fingerprint density at radius 2 is 1.88 bits per heavy atom. The van der Waals surface area contributed by atoms with Crippen LogP contribution in [-0.4, -0.2) is 47.7 Å². The van der Waals surface area contributed by atoms with E-state index in [-0.39, 0.29) is 11.9 Å². The molecule has 4 heteroatoms. The van der Waals surface area contributed by atoms with Gasteiger partial charge in [-0.1, -0.05) is 13.8 Å². The van der Waals surface area contributed by atoms with Gasteiger partial charge >= 0.3 is 0 Å². The number of carbonyl (C=O) groups excluding carboxylic acids is 1. The molecule has 0 bridgehead atoms. The largest absolute Gasteiger partial charge is 0.389 e. The first kappa shape index (κ1) is 15.4. The normalized spacial score (nSPS) is 14.3. The molecule has 0 saturated heterocycles. The van der Waals surface area contributed by atoms with Gasteiger partial charge in [0.15, 0.2) is 0 Å². The van der Waals surface area contributed by atoms with Gasteiger partial charge in [-0.15, -0.1) is 0 Å². The van der Waals surface area contributed by atoms with Gasteiger partial charge < -0.3 is 10.4 Å². The third-order valence-electron chi connectivity index (χ3n) is 2.46. The number of aliphatic hydroxyl groups is 1. The zero-order valence-electron chi connectivity index (χ0n) is 11.4. The van der Waals surface area contributed by atoms with Gasteiger partial charge in [0.1, 0.15) is 0 Å². The summed E-state index contributed by atoms with van der Waals surface area (Å²) in [6.45, 7) is 10.4. The molecule has 0 aliphatic carbocycles. The minimum atomic E-state index is -0.765. The quantitative estimate of drug-likeness (QED) is 0.711. The molecule has 0 aliphatic heterocycles. The minimum Gasteiger partial charge on any atom is -0.389 e. The van der Waals surface area contributed by atoms with E-state index >= 15 is 0 Å². The highest BCUT2D eigenvalue weighted by Crippen LogP contribution is 2.03. The summed E-state index contributed by atoms with van der Waals surface area (Å²) in [5.41, 5.74) is -0.765. The van der Waals surface area contributed by atoms with E-state index in [1.807, 2.05) is 18.9 Å². The Morgan fingerprint density at radius 3 is 2.25 bits per heavy atom. The van der Waals surface area contributed by atoms with Gasteiger partial charge in [0.05, 0.1) is 12.1 Å². The van der Waals surface area contributed by atoms with Crippen molar-refractivity contribution < 1.29 is 9.90 Å². The van der Waals surface area contributed by atoms with E-state index in [2.05, 4.69) is 19.2 Å². The van der Waals surface area contributed by atoms with Gasteiger partial charge in [0.25, 0.3) is 0 Å². The standard InChI is InChI=1S/C12H26N2O2/c1-9(2)10(3)13-11(15)7-14(6)8-12(4,5)16/h9-10,16H,7-8H2,1-6H3,(H,13,15). The fourth-order valence-corrected chi connectivity index (χ4v) is 1.43. The number of nitrogens with zero attached hydrogens (tertiary/aromatic N) is 1. The lowest BCUT2D eigenvalue weighted by molar-refractivity contribution is -0.123. The van der Waals surface area contributed by atoms with E-state index in [4.69, 9.17) is 0 Å². The Hall–Kier alpha value is -0.610. The molecule has 0 radical (unpaired) electrons. The summed E-state index contributed by atoms with van der Waals surface area (Å²) in [7, 11) is 1.83. The number of amides is 1. The first-order valence-corrected chi connectivity index (χ1v) is 5.82. The van der Waals surface area contributed by atoms with Crippen LogP contribution in [0.15, 0.2) is 0 Å². The third kappa shape index (κ3) is 7.65. The molecule has 0 aliphatic rings. The number of likely N-dealkylation sites (N-methyl/N-ethyl adjacent to an activating group) is 1. The molecule has 1 atom stereocenters. The Balaban J connectivity index is 3.96. The van der Waals surface area contributed by atoms with Crippen LogP contribution < -0.4 is 5.32 Å². The van der Waals surface area contributed by atoms with E-state index < -0.39 is 5.60 Å². The van der Waals surface area contributed by atoms with E-state index in [1.54, 1.807) is 13.8 Å². The van der Waals surface area contributed by atoms with Crippen molar-refractivity contribution in [1.29, 1.82) is 0 Å². The minimum absolute atomic E-state index is 0.00736. The number of rotatable bonds is 6.